The van der Waals surface area contributed by atoms with Crippen LogP contribution < -0.4 is 5.32 Å². The molecule has 0 rings (SSSR count). The van der Waals surface area contributed by atoms with E-state index in [9.17, 15) is 19.8 Å². The summed E-state index contributed by atoms with van der Waals surface area (Å²) in [7, 11) is 0. The number of aliphatic hydroxyl groups is 2. The fourth-order valence-electron chi connectivity index (χ4n) is 7.29. The fourth-order valence-corrected chi connectivity index (χ4v) is 7.29. The molecule has 56 heavy (non-hydrogen) atoms. The first-order valence-electron chi connectivity index (χ1n) is 24.2. The average Bonchev–Trinajstić information content (AvgIpc) is 3.19. The Kier molecular flexibility index (Phi) is 42.7. The number of nitrogens with one attached hydrogen (secondary N) is 1. The van der Waals surface area contributed by atoms with Crippen molar-refractivity contribution in [3.8, 4) is 0 Å². The van der Waals surface area contributed by atoms with Crippen LogP contribution in [0.4, 0.5) is 0 Å². The number of unbranched alkanes of at least 4 members (excludes halogenated alkanes) is 25. The molecule has 0 saturated carbocycles. The Morgan fingerprint density at radius 3 is 1.50 bits per heavy atom. The number of aliphatic hydroxyl groups excluding tert-OH is 2. The molecule has 6 heteroatoms. The van der Waals surface area contributed by atoms with Gasteiger partial charge in [-0.15, -0.1) is 0 Å². The molecule has 0 aliphatic rings. The highest BCUT2D eigenvalue weighted by Gasteiger charge is 2.24. The number of allylic oxidation sites excluding steroid dienone is 6. The number of carbonyl (C=O) groups is 2. The van der Waals surface area contributed by atoms with Crippen LogP contribution in [-0.4, -0.2) is 46.9 Å². The van der Waals surface area contributed by atoms with Gasteiger partial charge in [0.2, 0.25) is 5.91 Å². The van der Waals surface area contributed by atoms with Crippen molar-refractivity contribution in [3.05, 3.63) is 36.5 Å². The SMILES string of the molecule is CC/C=C/C/C=C/CCCCCCCCCC(=O)OC(CCC/C=C\CCCCCCCC)CC(=O)NC(CO)C(O)CCCCCCCCCCCCCC. The van der Waals surface area contributed by atoms with E-state index in [2.05, 4.69) is 62.5 Å². The first kappa shape index (κ1) is 54.1. The molecule has 0 aliphatic heterocycles. The summed E-state index contributed by atoms with van der Waals surface area (Å²) < 4.78 is 5.89. The molecule has 0 radical (unpaired) electrons. The van der Waals surface area contributed by atoms with Gasteiger partial charge in [0.15, 0.2) is 0 Å². The standard InChI is InChI=1S/C50H93NO5/c1-4-7-10-13-16-19-22-24-25-28-31-34-37-40-43-50(55)56-46(41-38-35-32-29-26-21-18-15-12-9-6-3)44-49(54)51-47(45-52)48(53)42-39-36-33-30-27-23-20-17-14-11-8-5-2/h7,10,16,19,29,32,46-48,52-53H,4-6,8-9,11-15,17-18,20-28,30-31,33-45H2,1-3H3,(H,51,54)/b10-7+,19-16+,32-29-. The largest absolute Gasteiger partial charge is 0.462 e. The molecule has 6 nitrogen and oxygen atoms in total. The van der Waals surface area contributed by atoms with Crippen molar-refractivity contribution in [1.82, 2.24) is 5.32 Å². The van der Waals surface area contributed by atoms with E-state index >= 15 is 0 Å². The quantitative estimate of drug-likeness (QED) is 0.0325. The molecule has 3 unspecified atom stereocenters. The highest BCUT2D eigenvalue weighted by atomic mass is 16.5. The first-order chi connectivity index (χ1) is 27.5. The second-order valence-corrected chi connectivity index (χ2v) is 16.5. The molecule has 0 spiro atoms. The zero-order valence-corrected chi connectivity index (χ0v) is 37.3. The van der Waals surface area contributed by atoms with Crippen molar-refractivity contribution >= 4 is 11.9 Å². The van der Waals surface area contributed by atoms with Gasteiger partial charge >= 0.3 is 5.97 Å². The number of esters is 1. The Labute approximate surface area is 347 Å². The highest BCUT2D eigenvalue weighted by Crippen LogP contribution is 2.17. The van der Waals surface area contributed by atoms with Crippen molar-refractivity contribution in [3.63, 3.8) is 0 Å². The smallest absolute Gasteiger partial charge is 0.306 e. The molecule has 0 aromatic heterocycles. The van der Waals surface area contributed by atoms with Crippen LogP contribution in [0.1, 0.15) is 245 Å². The number of carbonyl (C=O) groups excluding carboxylic acids is 2. The summed E-state index contributed by atoms with van der Waals surface area (Å²) in [4.78, 5) is 26.0. The van der Waals surface area contributed by atoms with Crippen LogP contribution in [0.25, 0.3) is 0 Å². The Morgan fingerprint density at radius 2 is 0.982 bits per heavy atom. The summed E-state index contributed by atoms with van der Waals surface area (Å²) in [6.07, 6.45) is 50.6. The number of ether oxygens (including phenoxy) is 1. The zero-order chi connectivity index (χ0) is 41.0. The Bertz CT molecular complexity index is 930. The predicted octanol–water partition coefficient (Wildman–Crippen LogP) is 14.1. The van der Waals surface area contributed by atoms with Gasteiger partial charge < -0.3 is 20.3 Å². The molecule has 3 N–H and O–H groups in total. The molecule has 0 saturated heterocycles. The Balaban J connectivity index is 4.58. The number of hydrogen-bond donors (Lipinski definition) is 3. The molecular weight excluding hydrogens is 695 g/mol. The lowest BCUT2D eigenvalue weighted by Gasteiger charge is -2.24. The predicted molar refractivity (Wildman–Crippen MR) is 241 cm³/mol. The van der Waals surface area contributed by atoms with E-state index in [4.69, 9.17) is 4.74 Å². The third-order valence-corrected chi connectivity index (χ3v) is 11.0. The van der Waals surface area contributed by atoms with Crippen molar-refractivity contribution < 1.29 is 24.5 Å². The van der Waals surface area contributed by atoms with Gasteiger partial charge in [-0.3, -0.25) is 9.59 Å². The maximum absolute atomic E-state index is 13.1. The van der Waals surface area contributed by atoms with Gasteiger partial charge in [0, 0.05) is 6.42 Å². The number of hydrogen-bond acceptors (Lipinski definition) is 5. The second-order valence-electron chi connectivity index (χ2n) is 16.5. The van der Waals surface area contributed by atoms with Crippen molar-refractivity contribution in [2.75, 3.05) is 6.61 Å². The first-order valence-corrected chi connectivity index (χ1v) is 24.2. The third-order valence-electron chi connectivity index (χ3n) is 11.0. The van der Waals surface area contributed by atoms with Crippen LogP contribution >= 0.6 is 0 Å². The maximum Gasteiger partial charge on any atom is 0.306 e. The summed E-state index contributed by atoms with van der Waals surface area (Å²) in [6.45, 7) is 6.35. The summed E-state index contributed by atoms with van der Waals surface area (Å²) in [5.74, 6) is -0.509. The van der Waals surface area contributed by atoms with E-state index in [1.54, 1.807) is 0 Å². The minimum atomic E-state index is -0.792. The van der Waals surface area contributed by atoms with Gasteiger partial charge in [0.1, 0.15) is 6.10 Å². The lowest BCUT2D eigenvalue weighted by atomic mass is 10.0. The molecule has 0 bridgehead atoms. The molecular formula is C50H93NO5. The number of rotatable bonds is 43. The van der Waals surface area contributed by atoms with E-state index in [0.29, 0.717) is 19.3 Å². The lowest BCUT2D eigenvalue weighted by molar-refractivity contribution is -0.151. The van der Waals surface area contributed by atoms with Gasteiger partial charge in [0.25, 0.3) is 0 Å². The molecule has 0 heterocycles. The molecule has 3 atom stereocenters. The van der Waals surface area contributed by atoms with Crippen LogP contribution in [-0.2, 0) is 14.3 Å². The zero-order valence-electron chi connectivity index (χ0n) is 37.3. The fraction of sp³-hybridized carbons (Fsp3) is 0.840. The molecule has 0 aromatic rings. The molecule has 0 aromatic carbocycles. The molecule has 1 amide bonds. The summed E-state index contributed by atoms with van der Waals surface area (Å²) >= 11 is 0. The summed E-state index contributed by atoms with van der Waals surface area (Å²) in [6, 6.07) is -0.707. The Morgan fingerprint density at radius 1 is 0.536 bits per heavy atom. The summed E-state index contributed by atoms with van der Waals surface area (Å²) in [5, 5.41) is 23.7. The topological polar surface area (TPSA) is 95.9 Å². The lowest BCUT2D eigenvalue weighted by Crippen LogP contribution is -2.46. The van der Waals surface area contributed by atoms with Crippen LogP contribution in [0.5, 0.6) is 0 Å². The Hall–Kier alpha value is -1.92. The van der Waals surface area contributed by atoms with Gasteiger partial charge in [-0.25, -0.2) is 0 Å². The van der Waals surface area contributed by atoms with E-state index in [-0.39, 0.29) is 24.9 Å². The van der Waals surface area contributed by atoms with E-state index < -0.39 is 18.2 Å². The molecule has 0 fully saturated rings. The average molecular weight is 788 g/mol. The third kappa shape index (κ3) is 38.9. The van der Waals surface area contributed by atoms with Gasteiger partial charge in [-0.2, -0.15) is 0 Å². The minimum Gasteiger partial charge on any atom is -0.462 e. The second kappa shape index (κ2) is 44.2. The van der Waals surface area contributed by atoms with Gasteiger partial charge in [-0.1, -0.05) is 198 Å². The van der Waals surface area contributed by atoms with E-state index in [1.807, 2.05) is 0 Å². The number of amides is 1. The molecule has 328 valence electrons. The van der Waals surface area contributed by atoms with Gasteiger partial charge in [0.05, 0.1) is 25.2 Å². The van der Waals surface area contributed by atoms with E-state index in [0.717, 1.165) is 77.0 Å². The van der Waals surface area contributed by atoms with Crippen LogP contribution in [0.2, 0.25) is 0 Å². The highest BCUT2D eigenvalue weighted by molar-refractivity contribution is 5.77. The van der Waals surface area contributed by atoms with Crippen molar-refractivity contribution in [2.24, 2.45) is 0 Å². The monoisotopic (exact) mass is 788 g/mol. The maximum atomic E-state index is 13.1. The van der Waals surface area contributed by atoms with Crippen LogP contribution in [0, 0.1) is 0 Å². The van der Waals surface area contributed by atoms with Gasteiger partial charge in [-0.05, 0) is 70.6 Å². The van der Waals surface area contributed by atoms with E-state index in [1.165, 1.54) is 122 Å². The van der Waals surface area contributed by atoms with Crippen LogP contribution in [0.3, 0.4) is 0 Å². The minimum absolute atomic E-state index is 0.0552. The molecule has 0 aliphatic carbocycles. The van der Waals surface area contributed by atoms with Crippen molar-refractivity contribution in [1.29, 1.82) is 0 Å². The summed E-state index contributed by atoms with van der Waals surface area (Å²) in [5.41, 5.74) is 0. The van der Waals surface area contributed by atoms with Crippen molar-refractivity contribution in [2.45, 2.75) is 264 Å². The van der Waals surface area contributed by atoms with Crippen LogP contribution in [0.15, 0.2) is 36.5 Å². The normalized spacial score (nSPS) is 13.6.